The molecule has 23 heavy (non-hydrogen) atoms. The van der Waals surface area contributed by atoms with Gasteiger partial charge in [0.2, 0.25) is 0 Å². The van der Waals surface area contributed by atoms with Crippen LogP contribution in [0.5, 0.6) is 0 Å². The van der Waals surface area contributed by atoms with Gasteiger partial charge in [0.1, 0.15) is 5.83 Å². The lowest BCUT2D eigenvalue weighted by atomic mass is 10.0. The van der Waals surface area contributed by atoms with Crippen LogP contribution in [0, 0.1) is 17.5 Å². The summed E-state index contributed by atoms with van der Waals surface area (Å²) < 4.78 is 66.3. The Kier molecular flexibility index (Phi) is 5.53. The third-order valence-electron chi connectivity index (χ3n) is 3.47. The van der Waals surface area contributed by atoms with Crippen molar-refractivity contribution < 1.29 is 22.0 Å². The number of benzene rings is 2. The molecule has 0 aliphatic carbocycles. The third kappa shape index (κ3) is 4.18. The molecule has 0 bridgehead atoms. The SMILES string of the molecule is CC/C(F)=C(\F)c1cccc(CCc2cc(F)c(F)c(F)c2)c1. The highest BCUT2D eigenvalue weighted by molar-refractivity contribution is 5.61. The van der Waals surface area contributed by atoms with Gasteiger partial charge in [-0.2, -0.15) is 0 Å². The first-order chi connectivity index (χ1) is 10.9. The van der Waals surface area contributed by atoms with Crippen LogP contribution in [0.2, 0.25) is 0 Å². The van der Waals surface area contributed by atoms with Crippen molar-refractivity contribution in [1.82, 2.24) is 0 Å². The summed E-state index contributed by atoms with van der Waals surface area (Å²) in [5.41, 5.74) is 1.10. The summed E-state index contributed by atoms with van der Waals surface area (Å²) >= 11 is 0. The number of halogens is 5. The fourth-order valence-electron chi connectivity index (χ4n) is 2.22. The van der Waals surface area contributed by atoms with Crippen molar-refractivity contribution in [2.75, 3.05) is 0 Å². The van der Waals surface area contributed by atoms with E-state index in [-0.39, 0.29) is 18.4 Å². The molecule has 0 unspecified atom stereocenters. The molecule has 0 heterocycles. The van der Waals surface area contributed by atoms with Crippen molar-refractivity contribution in [1.29, 1.82) is 0 Å². The van der Waals surface area contributed by atoms with Gasteiger partial charge < -0.3 is 0 Å². The Morgan fingerprint density at radius 1 is 0.870 bits per heavy atom. The van der Waals surface area contributed by atoms with Crippen LogP contribution in [0.3, 0.4) is 0 Å². The molecular weight excluding hydrogens is 311 g/mol. The van der Waals surface area contributed by atoms with E-state index in [2.05, 4.69) is 0 Å². The van der Waals surface area contributed by atoms with Gasteiger partial charge in [0.15, 0.2) is 23.3 Å². The van der Waals surface area contributed by atoms with Crippen molar-refractivity contribution in [2.45, 2.75) is 26.2 Å². The van der Waals surface area contributed by atoms with Gasteiger partial charge >= 0.3 is 0 Å². The van der Waals surface area contributed by atoms with E-state index in [1.807, 2.05) is 0 Å². The molecule has 2 rings (SSSR count). The quantitative estimate of drug-likeness (QED) is 0.473. The van der Waals surface area contributed by atoms with E-state index in [9.17, 15) is 22.0 Å². The predicted octanol–water partition coefficient (Wildman–Crippen LogP) is 5.91. The molecule has 0 aliphatic heterocycles. The van der Waals surface area contributed by atoms with E-state index in [4.69, 9.17) is 0 Å². The minimum atomic E-state index is -1.50. The summed E-state index contributed by atoms with van der Waals surface area (Å²) in [6.45, 7) is 1.51. The van der Waals surface area contributed by atoms with Gasteiger partial charge in [0.25, 0.3) is 0 Å². The van der Waals surface area contributed by atoms with Crippen LogP contribution in [-0.4, -0.2) is 0 Å². The van der Waals surface area contributed by atoms with E-state index in [0.717, 1.165) is 12.1 Å². The molecule has 0 saturated carbocycles. The first-order valence-electron chi connectivity index (χ1n) is 7.19. The number of hydrogen-bond donors (Lipinski definition) is 0. The van der Waals surface area contributed by atoms with Crippen LogP contribution in [0.15, 0.2) is 42.2 Å². The molecule has 0 atom stereocenters. The molecule has 0 amide bonds. The summed E-state index contributed by atoms with van der Waals surface area (Å²) in [6, 6.07) is 8.08. The largest absolute Gasteiger partial charge is 0.209 e. The topological polar surface area (TPSA) is 0 Å². The Labute approximate surface area is 131 Å². The predicted molar refractivity (Wildman–Crippen MR) is 79.6 cm³/mol. The lowest BCUT2D eigenvalue weighted by Crippen LogP contribution is -1.97. The molecule has 0 saturated heterocycles. The fraction of sp³-hybridized carbons (Fsp3) is 0.222. The summed E-state index contributed by atoms with van der Waals surface area (Å²) in [6.07, 6.45) is 0.572. The number of aryl methyl sites for hydroxylation is 2. The Hall–Kier alpha value is -2.17. The van der Waals surface area contributed by atoms with Gasteiger partial charge in [-0.3, -0.25) is 0 Å². The molecule has 2 aromatic carbocycles. The zero-order valence-electron chi connectivity index (χ0n) is 12.5. The van der Waals surface area contributed by atoms with Gasteiger partial charge in [-0.1, -0.05) is 25.1 Å². The van der Waals surface area contributed by atoms with Crippen LogP contribution in [0.25, 0.3) is 5.83 Å². The Morgan fingerprint density at radius 3 is 2.09 bits per heavy atom. The molecule has 0 nitrogen and oxygen atoms in total. The molecule has 0 aliphatic rings. The smallest absolute Gasteiger partial charge is 0.194 e. The second kappa shape index (κ2) is 7.40. The zero-order chi connectivity index (χ0) is 17.0. The highest BCUT2D eigenvalue weighted by atomic mass is 19.2. The molecule has 0 fully saturated rings. The maximum absolute atomic E-state index is 13.8. The van der Waals surface area contributed by atoms with Crippen molar-refractivity contribution in [3.05, 3.63) is 76.4 Å². The first kappa shape index (κ1) is 17.2. The lowest BCUT2D eigenvalue weighted by Gasteiger charge is -2.06. The van der Waals surface area contributed by atoms with Gasteiger partial charge in [0.05, 0.1) is 0 Å². The zero-order valence-corrected chi connectivity index (χ0v) is 12.5. The molecule has 0 aromatic heterocycles. The molecule has 0 spiro atoms. The van der Waals surface area contributed by atoms with Crippen molar-refractivity contribution in [3.63, 3.8) is 0 Å². The van der Waals surface area contributed by atoms with Gasteiger partial charge in [-0.25, -0.2) is 22.0 Å². The van der Waals surface area contributed by atoms with Crippen LogP contribution in [0.1, 0.15) is 30.0 Å². The van der Waals surface area contributed by atoms with Crippen LogP contribution in [-0.2, 0) is 12.8 Å². The van der Waals surface area contributed by atoms with Gasteiger partial charge in [0, 0.05) is 5.56 Å². The standard InChI is InChI=1S/C18H15F5/c1-2-14(19)17(22)13-5-3-4-11(8-13)6-7-12-9-15(20)18(23)16(21)10-12/h3-5,8-10H,2,6-7H2,1H3/b17-14+. The fourth-order valence-corrected chi connectivity index (χ4v) is 2.22. The summed E-state index contributed by atoms with van der Waals surface area (Å²) in [5, 5.41) is 0. The second-order valence-corrected chi connectivity index (χ2v) is 5.15. The Bertz CT molecular complexity index is 711. The van der Waals surface area contributed by atoms with Crippen molar-refractivity contribution in [2.24, 2.45) is 0 Å². The molecule has 0 N–H and O–H groups in total. The van der Waals surface area contributed by atoms with E-state index in [0.29, 0.717) is 17.5 Å². The number of rotatable bonds is 5. The summed E-state index contributed by atoms with van der Waals surface area (Å²) in [4.78, 5) is 0. The first-order valence-corrected chi connectivity index (χ1v) is 7.19. The lowest BCUT2D eigenvalue weighted by molar-refractivity contribution is 0.445. The van der Waals surface area contributed by atoms with Crippen molar-refractivity contribution in [3.8, 4) is 0 Å². The van der Waals surface area contributed by atoms with Crippen LogP contribution >= 0.6 is 0 Å². The average molecular weight is 326 g/mol. The monoisotopic (exact) mass is 326 g/mol. The van der Waals surface area contributed by atoms with E-state index >= 15 is 0 Å². The maximum atomic E-state index is 13.8. The molecule has 0 radical (unpaired) electrons. The normalized spacial score (nSPS) is 12.3. The number of hydrogen-bond acceptors (Lipinski definition) is 0. The van der Waals surface area contributed by atoms with Crippen molar-refractivity contribution >= 4 is 5.83 Å². The minimum absolute atomic E-state index is 0.0375. The Balaban J connectivity index is 2.16. The van der Waals surface area contributed by atoms with E-state index in [1.54, 1.807) is 12.1 Å². The highest BCUT2D eigenvalue weighted by Gasteiger charge is 2.11. The maximum Gasteiger partial charge on any atom is 0.194 e. The average Bonchev–Trinajstić information content (AvgIpc) is 2.56. The molecule has 2 aromatic rings. The van der Waals surface area contributed by atoms with Gasteiger partial charge in [-0.15, -0.1) is 0 Å². The van der Waals surface area contributed by atoms with Gasteiger partial charge in [-0.05, 0) is 48.6 Å². The summed E-state index contributed by atoms with van der Waals surface area (Å²) in [5.74, 6) is -5.73. The van der Waals surface area contributed by atoms with Crippen LogP contribution in [0.4, 0.5) is 22.0 Å². The highest BCUT2D eigenvalue weighted by Crippen LogP contribution is 2.24. The second-order valence-electron chi connectivity index (χ2n) is 5.15. The van der Waals surface area contributed by atoms with E-state index in [1.165, 1.54) is 19.1 Å². The Morgan fingerprint density at radius 2 is 1.48 bits per heavy atom. The molecule has 122 valence electrons. The van der Waals surface area contributed by atoms with Crippen LogP contribution < -0.4 is 0 Å². The third-order valence-corrected chi connectivity index (χ3v) is 3.47. The summed E-state index contributed by atoms with van der Waals surface area (Å²) in [7, 11) is 0. The molecule has 5 heteroatoms. The van der Waals surface area contributed by atoms with E-state index < -0.39 is 29.1 Å². The number of allylic oxidation sites excluding steroid dienone is 1. The molecular formula is C18H15F5. The minimum Gasteiger partial charge on any atom is -0.209 e.